The van der Waals surface area contributed by atoms with E-state index in [0.717, 1.165) is 31.4 Å². The van der Waals surface area contributed by atoms with Crippen LogP contribution in [0.1, 0.15) is 37.7 Å². The maximum absolute atomic E-state index is 13.1. The van der Waals surface area contributed by atoms with E-state index in [1.807, 2.05) is 0 Å². The quantitative estimate of drug-likeness (QED) is 0.884. The highest BCUT2D eigenvalue weighted by Gasteiger charge is 2.41. The summed E-state index contributed by atoms with van der Waals surface area (Å²) < 4.78 is 40.6. The summed E-state index contributed by atoms with van der Waals surface area (Å²) in [6, 6.07) is 3.43. The van der Waals surface area contributed by atoms with Crippen molar-refractivity contribution in [1.29, 1.82) is 0 Å². The van der Waals surface area contributed by atoms with Crippen LogP contribution in [-0.2, 0) is 14.8 Å². The lowest BCUT2D eigenvalue weighted by Gasteiger charge is -2.34. The summed E-state index contributed by atoms with van der Waals surface area (Å²) in [6.07, 6.45) is 3.22. The average Bonchev–Trinajstić information content (AvgIpc) is 2.38. The topological polar surface area (TPSA) is 89.3 Å². The highest BCUT2D eigenvalue weighted by atomic mass is 32.2. The first-order valence-corrected chi connectivity index (χ1v) is 8.35. The molecule has 5 nitrogen and oxygen atoms in total. The molecule has 116 valence electrons. The number of primary amides is 1. The molecule has 21 heavy (non-hydrogen) atoms. The number of rotatable bonds is 4. The Labute approximate surface area is 123 Å². The van der Waals surface area contributed by atoms with Crippen molar-refractivity contribution in [3.8, 4) is 0 Å². The Bertz CT molecular complexity index is 652. The third-order valence-corrected chi connectivity index (χ3v) is 5.63. The van der Waals surface area contributed by atoms with Crippen molar-refractivity contribution < 1.29 is 17.6 Å². The van der Waals surface area contributed by atoms with E-state index in [1.165, 1.54) is 13.0 Å². The van der Waals surface area contributed by atoms with Crippen LogP contribution in [0.2, 0.25) is 0 Å². The largest absolute Gasteiger partial charge is 0.368 e. The standard InChI is InChI=1S/C14H19FN2O3S/c1-10-9-11(15)5-6-12(10)21(19,20)17-14(13(16)18)7-3-2-4-8-14/h5-6,9,17H,2-4,7-8H2,1H3,(H2,16,18). The molecule has 0 saturated heterocycles. The highest BCUT2D eigenvalue weighted by Crippen LogP contribution is 2.30. The summed E-state index contributed by atoms with van der Waals surface area (Å²) in [5, 5.41) is 0. The number of benzene rings is 1. The first kappa shape index (κ1) is 15.9. The molecule has 3 N–H and O–H groups in total. The lowest BCUT2D eigenvalue weighted by molar-refractivity contribution is -0.124. The smallest absolute Gasteiger partial charge is 0.241 e. The third-order valence-electron chi connectivity index (χ3n) is 3.93. The van der Waals surface area contributed by atoms with E-state index in [2.05, 4.69) is 4.72 Å². The van der Waals surface area contributed by atoms with Gasteiger partial charge >= 0.3 is 0 Å². The number of aryl methyl sites for hydroxylation is 1. The van der Waals surface area contributed by atoms with Gasteiger partial charge < -0.3 is 5.73 Å². The first-order chi connectivity index (χ1) is 9.77. The summed E-state index contributed by atoms with van der Waals surface area (Å²) in [5.74, 6) is -1.17. The van der Waals surface area contributed by atoms with Crippen molar-refractivity contribution in [1.82, 2.24) is 4.72 Å². The molecule has 0 aromatic heterocycles. The third kappa shape index (κ3) is 3.24. The SMILES string of the molecule is Cc1cc(F)ccc1S(=O)(=O)NC1(C(N)=O)CCCCC1. The summed E-state index contributed by atoms with van der Waals surface area (Å²) in [7, 11) is -3.93. The molecular formula is C14H19FN2O3S. The van der Waals surface area contributed by atoms with Gasteiger partial charge in [0.2, 0.25) is 15.9 Å². The van der Waals surface area contributed by atoms with E-state index >= 15 is 0 Å². The van der Waals surface area contributed by atoms with E-state index in [-0.39, 0.29) is 10.5 Å². The van der Waals surface area contributed by atoms with Gasteiger partial charge in [-0.25, -0.2) is 12.8 Å². The van der Waals surface area contributed by atoms with Crippen molar-refractivity contribution in [2.75, 3.05) is 0 Å². The summed E-state index contributed by atoms with van der Waals surface area (Å²) in [6.45, 7) is 1.51. The molecule has 1 fully saturated rings. The Hall–Kier alpha value is -1.47. The molecule has 1 aliphatic carbocycles. The number of carbonyl (C=O) groups is 1. The molecule has 0 atom stereocenters. The van der Waals surface area contributed by atoms with Crippen molar-refractivity contribution in [2.45, 2.75) is 49.5 Å². The van der Waals surface area contributed by atoms with Crippen LogP contribution in [0, 0.1) is 12.7 Å². The summed E-state index contributed by atoms with van der Waals surface area (Å²) in [5.41, 5.74) is 4.48. The van der Waals surface area contributed by atoms with Crippen LogP contribution in [0.15, 0.2) is 23.1 Å². The molecule has 1 aromatic rings. The van der Waals surface area contributed by atoms with Crippen LogP contribution >= 0.6 is 0 Å². The van der Waals surface area contributed by atoms with E-state index in [1.54, 1.807) is 0 Å². The molecule has 7 heteroatoms. The molecule has 0 spiro atoms. The highest BCUT2D eigenvalue weighted by molar-refractivity contribution is 7.89. The molecule has 2 rings (SSSR count). The number of amides is 1. The number of hydrogen-bond donors (Lipinski definition) is 2. The lowest BCUT2D eigenvalue weighted by Crippen LogP contribution is -2.58. The van der Waals surface area contributed by atoms with Gasteiger partial charge in [-0.05, 0) is 43.5 Å². The van der Waals surface area contributed by atoms with Gasteiger partial charge in [0.1, 0.15) is 11.4 Å². The second-order valence-electron chi connectivity index (χ2n) is 5.52. The second kappa shape index (κ2) is 5.73. The molecule has 1 saturated carbocycles. The number of nitrogens with one attached hydrogen (secondary N) is 1. The van der Waals surface area contributed by atoms with Crippen molar-refractivity contribution in [2.24, 2.45) is 5.73 Å². The van der Waals surface area contributed by atoms with E-state index < -0.39 is 27.3 Å². The predicted octanol–water partition coefficient (Wildman–Crippen LogP) is 1.60. The molecule has 0 aliphatic heterocycles. The summed E-state index contributed by atoms with van der Waals surface area (Å²) >= 11 is 0. The van der Waals surface area contributed by atoms with Gasteiger partial charge in [0, 0.05) is 0 Å². The Morgan fingerprint density at radius 2 is 1.90 bits per heavy atom. The van der Waals surface area contributed by atoms with Crippen LogP contribution in [0.4, 0.5) is 4.39 Å². The molecule has 0 unspecified atom stereocenters. The average molecular weight is 314 g/mol. The fourth-order valence-corrected chi connectivity index (χ4v) is 4.44. The summed E-state index contributed by atoms with van der Waals surface area (Å²) in [4.78, 5) is 11.7. The van der Waals surface area contributed by atoms with Crippen LogP contribution in [0.5, 0.6) is 0 Å². The van der Waals surface area contributed by atoms with Gasteiger partial charge in [-0.2, -0.15) is 4.72 Å². The van der Waals surface area contributed by atoms with E-state index in [9.17, 15) is 17.6 Å². The maximum Gasteiger partial charge on any atom is 0.241 e. The molecule has 1 aliphatic rings. The monoisotopic (exact) mass is 314 g/mol. The van der Waals surface area contributed by atoms with Crippen LogP contribution in [0.3, 0.4) is 0 Å². The molecule has 1 amide bonds. The Kier molecular flexibility index (Phi) is 4.34. The maximum atomic E-state index is 13.1. The first-order valence-electron chi connectivity index (χ1n) is 6.87. The zero-order valence-electron chi connectivity index (χ0n) is 11.9. The minimum atomic E-state index is -3.93. The van der Waals surface area contributed by atoms with Gasteiger partial charge in [0.15, 0.2) is 0 Å². The van der Waals surface area contributed by atoms with Gasteiger partial charge in [0.25, 0.3) is 0 Å². The van der Waals surface area contributed by atoms with E-state index in [0.29, 0.717) is 12.8 Å². The zero-order chi connectivity index (χ0) is 15.7. The van der Waals surface area contributed by atoms with Crippen LogP contribution < -0.4 is 10.5 Å². The minimum absolute atomic E-state index is 0.0323. The zero-order valence-corrected chi connectivity index (χ0v) is 12.7. The minimum Gasteiger partial charge on any atom is -0.368 e. The number of hydrogen-bond acceptors (Lipinski definition) is 3. The van der Waals surface area contributed by atoms with Gasteiger partial charge in [-0.15, -0.1) is 0 Å². The molecule has 0 radical (unpaired) electrons. The Balaban J connectivity index is 2.37. The fraction of sp³-hybridized carbons (Fsp3) is 0.500. The van der Waals surface area contributed by atoms with Crippen molar-refractivity contribution in [3.63, 3.8) is 0 Å². The van der Waals surface area contributed by atoms with Crippen molar-refractivity contribution >= 4 is 15.9 Å². The van der Waals surface area contributed by atoms with Crippen LogP contribution in [0.25, 0.3) is 0 Å². The number of carbonyl (C=O) groups excluding carboxylic acids is 1. The van der Waals surface area contributed by atoms with Crippen molar-refractivity contribution in [3.05, 3.63) is 29.6 Å². The van der Waals surface area contributed by atoms with Crippen LogP contribution in [-0.4, -0.2) is 19.9 Å². The normalized spacial score (nSPS) is 18.4. The lowest BCUT2D eigenvalue weighted by atomic mass is 9.82. The molecule has 0 heterocycles. The molecule has 1 aromatic carbocycles. The van der Waals surface area contributed by atoms with Gasteiger partial charge in [-0.1, -0.05) is 19.3 Å². The Morgan fingerprint density at radius 1 is 1.29 bits per heavy atom. The Morgan fingerprint density at radius 3 is 2.43 bits per heavy atom. The van der Waals surface area contributed by atoms with Gasteiger partial charge in [0.05, 0.1) is 4.90 Å². The number of halogens is 1. The molecule has 0 bridgehead atoms. The second-order valence-corrected chi connectivity index (χ2v) is 7.17. The van der Waals surface area contributed by atoms with E-state index in [4.69, 9.17) is 5.73 Å². The number of nitrogens with two attached hydrogens (primary N) is 1. The fourth-order valence-electron chi connectivity index (χ4n) is 2.78. The molecular weight excluding hydrogens is 295 g/mol. The predicted molar refractivity (Wildman–Crippen MR) is 76.5 cm³/mol. The van der Waals surface area contributed by atoms with Gasteiger partial charge in [-0.3, -0.25) is 4.79 Å². The number of sulfonamides is 1.